The quantitative estimate of drug-likeness (QED) is 0.918. The molecule has 1 N–H and O–H groups in total. The largest absolute Gasteiger partial charge is 0.494 e. The van der Waals surface area contributed by atoms with Crippen molar-refractivity contribution in [2.75, 3.05) is 18.5 Å². The van der Waals surface area contributed by atoms with Crippen molar-refractivity contribution in [2.24, 2.45) is 0 Å². The van der Waals surface area contributed by atoms with Crippen LogP contribution in [0.15, 0.2) is 24.2 Å². The summed E-state index contributed by atoms with van der Waals surface area (Å²) in [5, 5.41) is 3.34. The number of aryl methyl sites for hydroxylation is 4. The molecule has 1 aromatic heterocycles. The predicted molar refractivity (Wildman–Crippen MR) is 95.1 cm³/mol. The summed E-state index contributed by atoms with van der Waals surface area (Å²) in [5.74, 6) is -0.162. The predicted octanol–water partition coefficient (Wildman–Crippen LogP) is 3.87. The van der Waals surface area contributed by atoms with Gasteiger partial charge in [-0.2, -0.15) is 0 Å². The molecule has 0 saturated carbocycles. The van der Waals surface area contributed by atoms with Gasteiger partial charge in [-0.15, -0.1) is 11.3 Å². The van der Waals surface area contributed by atoms with E-state index in [2.05, 4.69) is 43.2 Å². The highest BCUT2D eigenvalue weighted by Gasteiger charge is 2.19. The molecule has 1 amide bonds. The molecule has 0 unspecified atom stereocenters. The Balaban J connectivity index is 1.87. The number of aromatic nitrogens is 1. The third-order valence-electron chi connectivity index (χ3n) is 3.99. The van der Waals surface area contributed by atoms with Gasteiger partial charge in [-0.05, 0) is 50.5 Å². The number of rotatable bonds is 3. The summed E-state index contributed by atoms with van der Waals surface area (Å²) in [6.07, 6.45) is 1.34. The van der Waals surface area contributed by atoms with E-state index in [1.165, 1.54) is 34.3 Å². The summed E-state index contributed by atoms with van der Waals surface area (Å²) in [6, 6.07) is 4.32. The molecule has 1 aromatic carbocycles. The van der Waals surface area contributed by atoms with E-state index in [1.54, 1.807) is 0 Å². The molecule has 5 nitrogen and oxygen atoms in total. The molecule has 0 fully saturated rings. The lowest BCUT2D eigenvalue weighted by atomic mass is 9.98. The fourth-order valence-electron chi connectivity index (χ4n) is 2.56. The van der Waals surface area contributed by atoms with Crippen molar-refractivity contribution in [2.45, 2.75) is 27.7 Å². The minimum atomic E-state index is -0.341. The molecule has 0 aliphatic carbocycles. The molecule has 0 saturated heterocycles. The van der Waals surface area contributed by atoms with E-state index in [4.69, 9.17) is 9.47 Å². The molecule has 24 heavy (non-hydrogen) atoms. The third kappa shape index (κ3) is 3.28. The van der Waals surface area contributed by atoms with Crippen LogP contribution >= 0.6 is 11.3 Å². The van der Waals surface area contributed by atoms with E-state index in [0.717, 1.165) is 16.1 Å². The Bertz CT molecular complexity index is 824. The number of benzene rings is 1. The summed E-state index contributed by atoms with van der Waals surface area (Å²) in [4.78, 5) is 17.8. The van der Waals surface area contributed by atoms with Crippen molar-refractivity contribution >= 4 is 22.4 Å². The highest BCUT2D eigenvalue weighted by molar-refractivity contribution is 7.16. The van der Waals surface area contributed by atoms with Crippen molar-refractivity contribution < 1.29 is 14.3 Å². The van der Waals surface area contributed by atoms with Gasteiger partial charge >= 0.3 is 0 Å². The van der Waals surface area contributed by atoms with Gasteiger partial charge in [-0.1, -0.05) is 6.07 Å². The zero-order chi connectivity index (χ0) is 17.3. The Labute approximate surface area is 145 Å². The Kier molecular flexibility index (Phi) is 4.57. The van der Waals surface area contributed by atoms with E-state index >= 15 is 0 Å². The van der Waals surface area contributed by atoms with Crippen LogP contribution in [0.1, 0.15) is 21.6 Å². The third-order valence-corrected chi connectivity index (χ3v) is 4.87. The first-order chi connectivity index (χ1) is 11.5. The number of carbonyl (C=O) groups is 1. The van der Waals surface area contributed by atoms with Gasteiger partial charge in [-0.3, -0.25) is 10.1 Å². The smallest absolute Gasteiger partial charge is 0.295 e. The Morgan fingerprint density at radius 2 is 1.88 bits per heavy atom. The number of thiazole rings is 1. The molecular formula is C18H20N2O3S. The second-order valence-electron chi connectivity index (χ2n) is 5.83. The Morgan fingerprint density at radius 1 is 1.12 bits per heavy atom. The summed E-state index contributed by atoms with van der Waals surface area (Å²) < 4.78 is 10.4. The van der Waals surface area contributed by atoms with E-state index < -0.39 is 0 Å². The van der Waals surface area contributed by atoms with Gasteiger partial charge in [0.2, 0.25) is 5.76 Å². The minimum Gasteiger partial charge on any atom is -0.494 e. The molecule has 0 radical (unpaired) electrons. The summed E-state index contributed by atoms with van der Waals surface area (Å²) >= 11 is 1.45. The zero-order valence-corrected chi connectivity index (χ0v) is 15.0. The molecule has 2 heterocycles. The van der Waals surface area contributed by atoms with E-state index in [9.17, 15) is 4.79 Å². The normalized spacial score (nSPS) is 13.8. The lowest BCUT2D eigenvalue weighted by Crippen LogP contribution is -2.21. The van der Waals surface area contributed by atoms with Crippen LogP contribution in [0.25, 0.3) is 11.3 Å². The number of amides is 1. The van der Waals surface area contributed by atoms with Gasteiger partial charge in [-0.25, -0.2) is 4.98 Å². The minimum absolute atomic E-state index is 0.179. The second-order valence-corrected chi connectivity index (χ2v) is 7.03. The van der Waals surface area contributed by atoms with Crippen LogP contribution in [0, 0.1) is 27.7 Å². The molecule has 2 aromatic rings. The average Bonchev–Trinajstić information content (AvgIpc) is 2.92. The summed E-state index contributed by atoms with van der Waals surface area (Å²) in [6.45, 7) is 9.13. The number of nitrogens with one attached hydrogen (secondary N) is 1. The van der Waals surface area contributed by atoms with E-state index in [0.29, 0.717) is 18.3 Å². The molecule has 126 valence electrons. The molecule has 0 spiro atoms. The topological polar surface area (TPSA) is 60.5 Å². The molecular weight excluding hydrogens is 324 g/mol. The fourth-order valence-corrected chi connectivity index (χ4v) is 3.38. The van der Waals surface area contributed by atoms with Crippen LogP contribution < -0.4 is 5.32 Å². The monoisotopic (exact) mass is 344 g/mol. The highest BCUT2D eigenvalue weighted by atomic mass is 32.1. The van der Waals surface area contributed by atoms with Crippen LogP contribution in [0.2, 0.25) is 0 Å². The number of nitrogens with zero attached hydrogens (tertiary/aromatic N) is 1. The number of carbonyl (C=O) groups excluding carboxylic acids is 1. The molecule has 0 atom stereocenters. The van der Waals surface area contributed by atoms with Crippen molar-refractivity contribution in [3.8, 4) is 11.3 Å². The summed E-state index contributed by atoms with van der Waals surface area (Å²) in [7, 11) is 0. The number of hydrogen-bond donors (Lipinski definition) is 1. The van der Waals surface area contributed by atoms with Crippen molar-refractivity contribution in [1.29, 1.82) is 0 Å². The van der Waals surface area contributed by atoms with E-state index in [-0.39, 0.29) is 11.7 Å². The van der Waals surface area contributed by atoms with Crippen LogP contribution in [0.4, 0.5) is 5.13 Å². The van der Waals surface area contributed by atoms with Crippen molar-refractivity contribution in [3.63, 3.8) is 0 Å². The molecule has 6 heteroatoms. The zero-order valence-electron chi connectivity index (χ0n) is 14.2. The van der Waals surface area contributed by atoms with E-state index in [1.807, 2.05) is 6.92 Å². The molecule has 1 aliphatic rings. The van der Waals surface area contributed by atoms with Gasteiger partial charge in [0.05, 0.1) is 5.69 Å². The standard InChI is InChI=1S/C18H20N2O3S/c1-10-7-12(3)14(8-11(10)2)16-13(4)24-18(19-16)20-17(21)15-9-22-5-6-23-15/h7-9H,5-6H2,1-4H3,(H,19,20,21). The first-order valence-corrected chi connectivity index (χ1v) is 8.59. The van der Waals surface area contributed by atoms with Gasteiger partial charge in [0.25, 0.3) is 5.91 Å². The van der Waals surface area contributed by atoms with Crippen molar-refractivity contribution in [1.82, 2.24) is 4.98 Å². The maximum atomic E-state index is 12.2. The van der Waals surface area contributed by atoms with Crippen LogP contribution in [-0.2, 0) is 14.3 Å². The van der Waals surface area contributed by atoms with Crippen LogP contribution in [0.5, 0.6) is 0 Å². The highest BCUT2D eigenvalue weighted by Crippen LogP contribution is 2.33. The van der Waals surface area contributed by atoms with Gasteiger partial charge in [0.1, 0.15) is 19.5 Å². The maximum absolute atomic E-state index is 12.2. The van der Waals surface area contributed by atoms with Gasteiger partial charge in [0.15, 0.2) is 5.13 Å². The van der Waals surface area contributed by atoms with Crippen molar-refractivity contribution in [3.05, 3.63) is 45.7 Å². The number of anilines is 1. The molecule has 3 rings (SSSR count). The number of hydrogen-bond acceptors (Lipinski definition) is 5. The Hall–Kier alpha value is -2.34. The van der Waals surface area contributed by atoms with Crippen LogP contribution in [-0.4, -0.2) is 24.1 Å². The Morgan fingerprint density at radius 3 is 2.58 bits per heavy atom. The maximum Gasteiger partial charge on any atom is 0.295 e. The SMILES string of the molecule is Cc1cc(C)c(-c2nc(NC(=O)C3=COCCO3)sc2C)cc1C. The lowest BCUT2D eigenvalue weighted by molar-refractivity contribution is -0.117. The van der Waals surface area contributed by atoms with Gasteiger partial charge in [0, 0.05) is 10.4 Å². The molecule has 0 bridgehead atoms. The second kappa shape index (κ2) is 6.65. The van der Waals surface area contributed by atoms with Crippen LogP contribution in [0.3, 0.4) is 0 Å². The first-order valence-electron chi connectivity index (χ1n) is 7.77. The molecule has 1 aliphatic heterocycles. The first kappa shape index (κ1) is 16.5. The summed E-state index contributed by atoms with van der Waals surface area (Å²) in [5.41, 5.74) is 5.68. The number of ether oxygens (including phenoxy) is 2. The lowest BCUT2D eigenvalue weighted by Gasteiger charge is -2.14. The fraction of sp³-hybridized carbons (Fsp3) is 0.333. The average molecular weight is 344 g/mol. The van der Waals surface area contributed by atoms with Gasteiger partial charge < -0.3 is 9.47 Å².